The molecule has 1 amide bonds. The van der Waals surface area contributed by atoms with Crippen molar-refractivity contribution in [3.63, 3.8) is 0 Å². The molecule has 3 aliphatic rings. The summed E-state index contributed by atoms with van der Waals surface area (Å²) in [6.07, 6.45) is 4.39. The quantitative estimate of drug-likeness (QED) is 0.891. The third kappa shape index (κ3) is 3.20. The summed E-state index contributed by atoms with van der Waals surface area (Å²) in [7, 11) is 0. The Hall–Kier alpha value is -1.26. The van der Waals surface area contributed by atoms with Gasteiger partial charge in [0.15, 0.2) is 0 Å². The normalized spacial score (nSPS) is 27.3. The predicted molar refractivity (Wildman–Crippen MR) is 92.2 cm³/mol. The van der Waals surface area contributed by atoms with E-state index in [1.807, 2.05) is 18.2 Å². The summed E-state index contributed by atoms with van der Waals surface area (Å²) in [6.45, 7) is 3.62. The zero-order chi connectivity index (χ0) is 15.0. The maximum atomic E-state index is 12.5. The Balaban J connectivity index is 0.00000156. The Labute approximate surface area is 143 Å². The zero-order valence-corrected chi connectivity index (χ0v) is 14.2. The molecule has 4 nitrogen and oxygen atoms in total. The number of carbonyl (C=O) groups is 1. The summed E-state index contributed by atoms with van der Waals surface area (Å²) >= 11 is 0. The summed E-state index contributed by atoms with van der Waals surface area (Å²) in [5.41, 5.74) is 1.56. The van der Waals surface area contributed by atoms with Crippen molar-refractivity contribution in [2.45, 2.75) is 31.6 Å². The van der Waals surface area contributed by atoms with Crippen molar-refractivity contribution in [3.05, 3.63) is 29.8 Å². The van der Waals surface area contributed by atoms with Crippen molar-refractivity contribution in [2.24, 2.45) is 11.3 Å². The molecule has 5 heteroatoms. The molecule has 2 aliphatic heterocycles. The van der Waals surface area contributed by atoms with E-state index in [0.29, 0.717) is 11.3 Å². The van der Waals surface area contributed by atoms with E-state index in [1.54, 1.807) is 0 Å². The van der Waals surface area contributed by atoms with Crippen LogP contribution in [-0.2, 0) is 4.79 Å². The van der Waals surface area contributed by atoms with Gasteiger partial charge in [0.05, 0.1) is 6.61 Å². The predicted octanol–water partition coefficient (Wildman–Crippen LogP) is 2.48. The van der Waals surface area contributed by atoms with Crippen LogP contribution < -0.4 is 15.4 Å². The number of hydrogen-bond donors (Lipinski definition) is 2. The van der Waals surface area contributed by atoms with Gasteiger partial charge in [0.1, 0.15) is 5.75 Å². The molecule has 1 aromatic rings. The monoisotopic (exact) mass is 336 g/mol. The Morgan fingerprint density at radius 3 is 2.91 bits per heavy atom. The van der Waals surface area contributed by atoms with Gasteiger partial charge in [0, 0.05) is 18.4 Å². The van der Waals surface area contributed by atoms with Crippen LogP contribution >= 0.6 is 12.4 Å². The fourth-order valence-corrected chi connectivity index (χ4v) is 4.17. The molecule has 1 aliphatic carbocycles. The van der Waals surface area contributed by atoms with Gasteiger partial charge < -0.3 is 15.4 Å². The smallest absolute Gasteiger partial charge is 0.223 e. The van der Waals surface area contributed by atoms with Crippen LogP contribution in [0.5, 0.6) is 5.75 Å². The van der Waals surface area contributed by atoms with Gasteiger partial charge in [-0.1, -0.05) is 18.2 Å². The molecule has 0 radical (unpaired) electrons. The molecule has 2 atom stereocenters. The molecule has 2 heterocycles. The molecule has 2 fully saturated rings. The van der Waals surface area contributed by atoms with Crippen LogP contribution in [-0.4, -0.2) is 32.1 Å². The van der Waals surface area contributed by atoms with Crippen molar-refractivity contribution in [1.82, 2.24) is 10.6 Å². The lowest BCUT2D eigenvalue weighted by Crippen LogP contribution is -2.35. The summed E-state index contributed by atoms with van der Waals surface area (Å²) in [5.74, 6) is 1.89. The molecule has 0 bridgehead atoms. The molecule has 0 aromatic heterocycles. The molecular weight excluding hydrogens is 312 g/mol. The SMILES string of the molecule is Cl.O=C(NCC1CCOc2ccccc21)C1CC12CCNCC2. The van der Waals surface area contributed by atoms with E-state index in [0.717, 1.165) is 57.7 Å². The molecular formula is C18H25ClN2O2. The highest BCUT2D eigenvalue weighted by Crippen LogP contribution is 2.58. The van der Waals surface area contributed by atoms with Gasteiger partial charge >= 0.3 is 0 Å². The average molecular weight is 337 g/mol. The van der Waals surface area contributed by atoms with Crippen LogP contribution in [0.1, 0.15) is 37.2 Å². The number of amides is 1. The lowest BCUT2D eigenvalue weighted by atomic mass is 9.91. The average Bonchev–Trinajstić information content (AvgIpc) is 3.26. The first kappa shape index (κ1) is 16.6. The van der Waals surface area contributed by atoms with Crippen molar-refractivity contribution < 1.29 is 9.53 Å². The third-order valence-electron chi connectivity index (χ3n) is 5.71. The molecule has 1 spiro atoms. The van der Waals surface area contributed by atoms with Crippen molar-refractivity contribution in [2.75, 3.05) is 26.2 Å². The van der Waals surface area contributed by atoms with E-state index >= 15 is 0 Å². The molecule has 2 unspecified atom stereocenters. The number of carbonyl (C=O) groups excluding carboxylic acids is 1. The molecule has 1 saturated carbocycles. The summed E-state index contributed by atoms with van der Waals surface area (Å²) < 4.78 is 5.69. The van der Waals surface area contributed by atoms with Crippen LogP contribution in [0.15, 0.2) is 24.3 Å². The second kappa shape index (κ2) is 6.70. The maximum Gasteiger partial charge on any atom is 0.223 e. The Morgan fingerprint density at radius 1 is 1.30 bits per heavy atom. The second-order valence-electron chi connectivity index (χ2n) is 6.99. The van der Waals surface area contributed by atoms with Crippen LogP contribution in [0.25, 0.3) is 0 Å². The number of nitrogens with one attached hydrogen (secondary N) is 2. The van der Waals surface area contributed by atoms with Gasteiger partial charge in [-0.3, -0.25) is 4.79 Å². The first-order valence-corrected chi connectivity index (χ1v) is 8.49. The Bertz CT molecular complexity index is 572. The highest BCUT2D eigenvalue weighted by atomic mass is 35.5. The minimum atomic E-state index is 0. The largest absolute Gasteiger partial charge is 0.493 e. The topological polar surface area (TPSA) is 50.4 Å². The first-order chi connectivity index (χ1) is 10.8. The Kier molecular flexibility index (Phi) is 4.83. The summed E-state index contributed by atoms with van der Waals surface area (Å²) in [5, 5.41) is 6.60. The lowest BCUT2D eigenvalue weighted by molar-refractivity contribution is -0.123. The second-order valence-corrected chi connectivity index (χ2v) is 6.99. The number of rotatable bonds is 3. The molecule has 1 saturated heterocycles. The highest BCUT2D eigenvalue weighted by molar-refractivity contribution is 5.85. The van der Waals surface area contributed by atoms with E-state index in [-0.39, 0.29) is 24.2 Å². The van der Waals surface area contributed by atoms with Crippen LogP contribution in [0.2, 0.25) is 0 Å². The number of piperidine rings is 1. The van der Waals surface area contributed by atoms with E-state index < -0.39 is 0 Å². The minimum absolute atomic E-state index is 0. The number of hydrogen-bond acceptors (Lipinski definition) is 3. The van der Waals surface area contributed by atoms with Crippen LogP contribution in [0, 0.1) is 11.3 Å². The standard InChI is InChI=1S/C18H24N2O2.ClH/c21-17(15-11-18(15)6-8-19-9-7-18)20-12-13-5-10-22-16-4-2-1-3-14(13)16;/h1-4,13,15,19H,5-12H2,(H,20,21);1H. The van der Waals surface area contributed by atoms with Gasteiger partial charge in [0.2, 0.25) is 5.91 Å². The van der Waals surface area contributed by atoms with Gasteiger partial charge in [-0.05, 0) is 55.8 Å². The van der Waals surface area contributed by atoms with Gasteiger partial charge in [-0.15, -0.1) is 12.4 Å². The highest BCUT2D eigenvalue weighted by Gasteiger charge is 2.57. The van der Waals surface area contributed by atoms with E-state index in [2.05, 4.69) is 16.7 Å². The molecule has 126 valence electrons. The summed E-state index contributed by atoms with van der Waals surface area (Å²) in [6, 6.07) is 8.20. The van der Waals surface area contributed by atoms with Crippen molar-refractivity contribution in [3.8, 4) is 5.75 Å². The maximum absolute atomic E-state index is 12.5. The van der Waals surface area contributed by atoms with Crippen molar-refractivity contribution >= 4 is 18.3 Å². The summed E-state index contributed by atoms with van der Waals surface area (Å²) in [4.78, 5) is 12.5. The van der Waals surface area contributed by atoms with Crippen LogP contribution in [0.4, 0.5) is 0 Å². The molecule has 2 N–H and O–H groups in total. The van der Waals surface area contributed by atoms with Gasteiger partial charge in [0.25, 0.3) is 0 Å². The molecule has 23 heavy (non-hydrogen) atoms. The van der Waals surface area contributed by atoms with E-state index in [1.165, 1.54) is 5.56 Å². The Morgan fingerprint density at radius 2 is 2.09 bits per heavy atom. The van der Waals surface area contributed by atoms with Crippen molar-refractivity contribution in [1.29, 1.82) is 0 Å². The number of fused-ring (bicyclic) bond motifs is 1. The number of benzene rings is 1. The number of ether oxygens (including phenoxy) is 1. The molecule has 4 rings (SSSR count). The fourth-order valence-electron chi connectivity index (χ4n) is 4.17. The fraction of sp³-hybridized carbons (Fsp3) is 0.611. The first-order valence-electron chi connectivity index (χ1n) is 8.49. The lowest BCUT2D eigenvalue weighted by Gasteiger charge is -2.26. The van der Waals surface area contributed by atoms with E-state index in [4.69, 9.17) is 4.74 Å². The van der Waals surface area contributed by atoms with Gasteiger partial charge in [-0.2, -0.15) is 0 Å². The third-order valence-corrected chi connectivity index (χ3v) is 5.71. The molecule has 1 aromatic carbocycles. The minimum Gasteiger partial charge on any atom is -0.493 e. The van der Waals surface area contributed by atoms with Gasteiger partial charge in [-0.25, -0.2) is 0 Å². The van der Waals surface area contributed by atoms with Crippen LogP contribution in [0.3, 0.4) is 0 Å². The van der Waals surface area contributed by atoms with E-state index in [9.17, 15) is 4.79 Å². The number of halogens is 1. The number of para-hydroxylation sites is 1. The zero-order valence-electron chi connectivity index (χ0n) is 13.3.